The van der Waals surface area contributed by atoms with Crippen LogP contribution in [0, 0.1) is 6.92 Å². The van der Waals surface area contributed by atoms with Crippen molar-refractivity contribution in [1.82, 2.24) is 9.55 Å². The van der Waals surface area contributed by atoms with Gasteiger partial charge in [0.1, 0.15) is 5.82 Å². The molecule has 1 aromatic heterocycles. The van der Waals surface area contributed by atoms with E-state index in [0.717, 1.165) is 11.1 Å². The Morgan fingerprint density at radius 3 is 2.52 bits per heavy atom. The van der Waals surface area contributed by atoms with Crippen LogP contribution in [-0.4, -0.2) is 35.7 Å². The van der Waals surface area contributed by atoms with Gasteiger partial charge in [-0.1, -0.05) is 36.8 Å². The van der Waals surface area contributed by atoms with E-state index >= 15 is 0 Å². The van der Waals surface area contributed by atoms with Crippen LogP contribution < -0.4 is 21.9 Å². The Morgan fingerprint density at radius 2 is 1.93 bits per heavy atom. The molecule has 0 bridgehead atoms. The number of benzene rings is 1. The Labute approximate surface area is 157 Å². The smallest absolute Gasteiger partial charge is 0.330 e. The first-order chi connectivity index (χ1) is 12.9. The molecule has 3 N–H and O–H groups in total. The third-order valence-electron chi connectivity index (χ3n) is 4.23. The van der Waals surface area contributed by atoms with Gasteiger partial charge in [0, 0.05) is 20.2 Å². The number of nitrogen functional groups attached to an aromatic ring is 1. The van der Waals surface area contributed by atoms with Crippen molar-refractivity contribution < 1.29 is 9.53 Å². The molecule has 146 valence electrons. The van der Waals surface area contributed by atoms with E-state index in [1.807, 2.05) is 38.1 Å². The van der Waals surface area contributed by atoms with Crippen molar-refractivity contribution >= 4 is 17.4 Å². The summed E-state index contributed by atoms with van der Waals surface area (Å²) in [5, 5.41) is 0. The molecule has 0 fully saturated rings. The lowest BCUT2D eigenvalue weighted by Gasteiger charge is -2.24. The van der Waals surface area contributed by atoms with Crippen molar-refractivity contribution in [2.24, 2.45) is 0 Å². The number of hydrogen-bond acceptors (Lipinski definition) is 5. The maximum atomic E-state index is 12.9. The lowest BCUT2D eigenvalue weighted by atomic mass is 10.1. The van der Waals surface area contributed by atoms with Crippen LogP contribution in [0.1, 0.15) is 24.5 Å². The number of carbonyl (C=O) groups excluding carboxylic acids is 1. The highest BCUT2D eigenvalue weighted by Gasteiger charge is 2.24. The zero-order valence-corrected chi connectivity index (χ0v) is 15.9. The van der Waals surface area contributed by atoms with Gasteiger partial charge in [-0.25, -0.2) is 4.79 Å². The molecule has 1 amide bonds. The van der Waals surface area contributed by atoms with Gasteiger partial charge >= 0.3 is 5.69 Å². The number of nitrogens with two attached hydrogens (primary N) is 1. The van der Waals surface area contributed by atoms with Crippen LogP contribution in [0.3, 0.4) is 0 Å². The molecule has 2 rings (SSSR count). The number of hydrogen-bond donors (Lipinski definition) is 2. The quantitative estimate of drug-likeness (QED) is 0.718. The maximum absolute atomic E-state index is 12.9. The SMILES string of the molecule is CCCn1c(N)c(N(CCOC)C(=O)Cc2ccc(C)cc2)c(=O)[nH]c1=O. The molecule has 1 aromatic carbocycles. The molecular weight excluding hydrogens is 348 g/mol. The number of H-pyrrole nitrogens is 1. The second-order valence-electron chi connectivity index (χ2n) is 6.35. The highest BCUT2D eigenvalue weighted by Crippen LogP contribution is 2.18. The number of rotatable bonds is 8. The monoisotopic (exact) mass is 374 g/mol. The highest BCUT2D eigenvalue weighted by molar-refractivity contribution is 5.96. The molecule has 0 aliphatic carbocycles. The first-order valence-electron chi connectivity index (χ1n) is 8.86. The van der Waals surface area contributed by atoms with Crippen LogP contribution in [0.25, 0.3) is 0 Å². The standard InChI is InChI=1S/C19H26N4O4/c1-4-9-23-17(20)16(18(25)21-19(23)26)22(10-11-27-3)15(24)12-14-7-5-13(2)6-8-14/h5-8H,4,9-12,20H2,1-3H3,(H,21,25,26). The summed E-state index contributed by atoms with van der Waals surface area (Å²) < 4.78 is 6.35. The van der Waals surface area contributed by atoms with Crippen LogP contribution >= 0.6 is 0 Å². The van der Waals surface area contributed by atoms with E-state index in [0.29, 0.717) is 13.0 Å². The lowest BCUT2D eigenvalue weighted by Crippen LogP contribution is -2.43. The Hall–Kier alpha value is -2.87. The van der Waals surface area contributed by atoms with Crippen molar-refractivity contribution in [2.45, 2.75) is 33.2 Å². The number of anilines is 2. The largest absolute Gasteiger partial charge is 0.383 e. The number of aryl methyl sites for hydroxylation is 1. The molecule has 1 heterocycles. The molecule has 2 aromatic rings. The normalized spacial score (nSPS) is 10.8. The Bertz CT molecular complexity index is 899. The topological polar surface area (TPSA) is 110 Å². The molecule has 0 spiro atoms. The van der Waals surface area contributed by atoms with Crippen molar-refractivity contribution in [3.05, 3.63) is 56.2 Å². The molecule has 8 heteroatoms. The van der Waals surface area contributed by atoms with Crippen molar-refractivity contribution in [3.8, 4) is 0 Å². The summed E-state index contributed by atoms with van der Waals surface area (Å²) in [4.78, 5) is 41.0. The highest BCUT2D eigenvalue weighted by atomic mass is 16.5. The minimum absolute atomic E-state index is 0.0149. The van der Waals surface area contributed by atoms with Crippen LogP contribution in [0.2, 0.25) is 0 Å². The minimum atomic E-state index is -0.682. The van der Waals surface area contributed by atoms with E-state index in [9.17, 15) is 14.4 Å². The zero-order valence-electron chi connectivity index (χ0n) is 15.9. The number of methoxy groups -OCH3 is 1. The summed E-state index contributed by atoms with van der Waals surface area (Å²) in [5.41, 5.74) is 6.74. The Balaban J connectivity index is 2.45. The number of carbonyl (C=O) groups is 1. The fourth-order valence-electron chi connectivity index (χ4n) is 2.80. The summed E-state index contributed by atoms with van der Waals surface area (Å²) >= 11 is 0. The Kier molecular flexibility index (Phi) is 6.95. The summed E-state index contributed by atoms with van der Waals surface area (Å²) in [6.45, 7) is 4.58. The van der Waals surface area contributed by atoms with Crippen molar-refractivity contribution in [2.75, 3.05) is 30.9 Å². The summed E-state index contributed by atoms with van der Waals surface area (Å²) in [6, 6.07) is 7.58. The number of aromatic nitrogens is 2. The fourth-order valence-corrected chi connectivity index (χ4v) is 2.80. The van der Waals surface area contributed by atoms with Gasteiger partial charge in [0.2, 0.25) is 5.91 Å². The average molecular weight is 374 g/mol. The maximum Gasteiger partial charge on any atom is 0.330 e. The van der Waals surface area contributed by atoms with Gasteiger partial charge in [-0.05, 0) is 18.9 Å². The van der Waals surface area contributed by atoms with Gasteiger partial charge in [0.25, 0.3) is 5.56 Å². The number of aromatic amines is 1. The third kappa shape index (κ3) is 4.85. The molecule has 0 aliphatic heterocycles. The van der Waals surface area contributed by atoms with Gasteiger partial charge in [-0.2, -0.15) is 0 Å². The number of nitrogens with zero attached hydrogens (tertiary/aromatic N) is 2. The minimum Gasteiger partial charge on any atom is -0.383 e. The third-order valence-corrected chi connectivity index (χ3v) is 4.23. The Morgan fingerprint density at radius 1 is 1.26 bits per heavy atom. The van der Waals surface area contributed by atoms with Crippen LogP contribution in [0.5, 0.6) is 0 Å². The van der Waals surface area contributed by atoms with E-state index in [1.165, 1.54) is 16.6 Å². The van der Waals surface area contributed by atoms with E-state index < -0.39 is 11.2 Å². The molecule has 0 radical (unpaired) electrons. The predicted octanol–water partition coefficient (Wildman–Crippen LogP) is 1.06. The zero-order chi connectivity index (χ0) is 20.0. The molecule has 8 nitrogen and oxygen atoms in total. The van der Waals surface area contributed by atoms with E-state index in [2.05, 4.69) is 4.98 Å². The molecule has 27 heavy (non-hydrogen) atoms. The summed E-state index contributed by atoms with van der Waals surface area (Å²) in [5.74, 6) is -0.311. The van der Waals surface area contributed by atoms with E-state index in [4.69, 9.17) is 10.5 Å². The lowest BCUT2D eigenvalue weighted by molar-refractivity contribution is -0.118. The second kappa shape index (κ2) is 9.18. The molecule has 0 unspecified atom stereocenters. The van der Waals surface area contributed by atoms with Crippen LogP contribution in [0.4, 0.5) is 11.5 Å². The van der Waals surface area contributed by atoms with E-state index in [-0.39, 0.29) is 37.0 Å². The number of ether oxygens (including phenoxy) is 1. The predicted molar refractivity (Wildman–Crippen MR) is 105 cm³/mol. The van der Waals surface area contributed by atoms with E-state index in [1.54, 1.807) is 0 Å². The first-order valence-corrected chi connectivity index (χ1v) is 8.86. The van der Waals surface area contributed by atoms with Gasteiger partial charge in [0.05, 0.1) is 13.0 Å². The summed E-state index contributed by atoms with van der Waals surface area (Å²) in [7, 11) is 1.51. The second-order valence-corrected chi connectivity index (χ2v) is 6.35. The number of nitrogens with one attached hydrogen (secondary N) is 1. The van der Waals surface area contributed by atoms with Crippen molar-refractivity contribution in [3.63, 3.8) is 0 Å². The first kappa shape index (κ1) is 20.4. The van der Waals surface area contributed by atoms with Gasteiger partial charge in [-0.15, -0.1) is 0 Å². The summed E-state index contributed by atoms with van der Waals surface area (Å²) in [6.07, 6.45) is 0.765. The van der Waals surface area contributed by atoms with Crippen LogP contribution in [0.15, 0.2) is 33.9 Å². The van der Waals surface area contributed by atoms with Gasteiger partial charge < -0.3 is 15.4 Å². The van der Waals surface area contributed by atoms with Crippen LogP contribution in [-0.2, 0) is 22.5 Å². The average Bonchev–Trinajstić information content (AvgIpc) is 2.63. The molecule has 0 atom stereocenters. The molecule has 0 saturated heterocycles. The van der Waals surface area contributed by atoms with Gasteiger partial charge in [-0.3, -0.25) is 19.1 Å². The fraction of sp³-hybridized carbons (Fsp3) is 0.421. The van der Waals surface area contributed by atoms with Crippen molar-refractivity contribution in [1.29, 1.82) is 0 Å². The van der Waals surface area contributed by atoms with Gasteiger partial charge in [0.15, 0.2) is 5.69 Å². The molecule has 0 aliphatic rings. The molecule has 0 saturated carbocycles. The number of amides is 1. The molecular formula is C19H26N4O4.